The smallest absolute Gasteiger partial charge is 0.407 e. The minimum Gasteiger partial charge on any atom is -0.460 e. The van der Waals surface area contributed by atoms with Gasteiger partial charge in [0.05, 0.1) is 24.9 Å². The van der Waals surface area contributed by atoms with Crippen LogP contribution in [0.1, 0.15) is 126 Å². The van der Waals surface area contributed by atoms with E-state index in [-0.39, 0.29) is 42.8 Å². The largest absolute Gasteiger partial charge is 0.460 e. The highest BCUT2D eigenvalue weighted by atomic mass is 16.6. The van der Waals surface area contributed by atoms with E-state index in [1.807, 2.05) is 58.1 Å². The summed E-state index contributed by atoms with van der Waals surface area (Å²) in [6.07, 6.45) is 10.1. The van der Waals surface area contributed by atoms with Crippen molar-refractivity contribution in [2.45, 2.75) is 180 Å². The first-order chi connectivity index (χ1) is 34.2. The van der Waals surface area contributed by atoms with Crippen LogP contribution in [0.15, 0.2) is 47.6 Å². The second-order valence-corrected chi connectivity index (χ2v) is 20.9. The number of piperidine rings is 1. The maximum absolute atomic E-state index is 14.5. The number of nitrogens with one attached hydrogen (secondary N) is 1. The number of alkyl carbamates (subject to hydrolysis) is 1. The molecule has 2 bridgehead atoms. The molecule has 15 atom stereocenters. The van der Waals surface area contributed by atoms with Crippen molar-refractivity contribution in [1.29, 1.82) is 0 Å². The number of hydrogen-bond donors (Lipinski definition) is 3. The number of cyclic esters (lactones) is 1. The number of ketones is 3. The first-order valence-electron chi connectivity index (χ1n) is 26.1. The van der Waals surface area contributed by atoms with Crippen LogP contribution < -0.4 is 5.32 Å². The number of esters is 1. The summed E-state index contributed by atoms with van der Waals surface area (Å²) < 4.78 is 40.5. The lowest BCUT2D eigenvalue weighted by atomic mass is 9.78. The van der Waals surface area contributed by atoms with Gasteiger partial charge in [0.15, 0.2) is 5.78 Å². The average Bonchev–Trinajstić information content (AvgIpc) is 3.35. The van der Waals surface area contributed by atoms with Crippen LogP contribution in [0, 0.1) is 35.5 Å². The molecule has 0 aromatic carbocycles. The number of Topliss-reactive ketones (excluding diaryl/α,β-unsaturated/α-hetero) is 3. The molecule has 17 heteroatoms. The van der Waals surface area contributed by atoms with Gasteiger partial charge in [0.1, 0.15) is 36.2 Å². The fraction of sp³-hybridized carbons (Fsp3) is 0.745. The van der Waals surface area contributed by atoms with Crippen LogP contribution in [-0.2, 0) is 57.1 Å². The molecule has 17 nitrogen and oxygen atoms in total. The van der Waals surface area contributed by atoms with Crippen LogP contribution in [0.3, 0.4) is 0 Å². The van der Waals surface area contributed by atoms with E-state index in [0.717, 1.165) is 5.57 Å². The van der Waals surface area contributed by atoms with E-state index in [2.05, 4.69) is 5.32 Å². The summed E-state index contributed by atoms with van der Waals surface area (Å²) in [6, 6.07) is -1.17. The first kappa shape index (κ1) is 60.5. The van der Waals surface area contributed by atoms with Crippen molar-refractivity contribution in [3.63, 3.8) is 0 Å². The second-order valence-electron chi connectivity index (χ2n) is 20.9. The zero-order chi connectivity index (χ0) is 53.3. The average molecular weight is 1020 g/mol. The number of rotatable bonds is 10. The molecule has 2 saturated heterocycles. The van der Waals surface area contributed by atoms with Gasteiger partial charge < -0.3 is 53.6 Å². The van der Waals surface area contributed by atoms with E-state index in [0.29, 0.717) is 82.9 Å². The Kier molecular flexibility index (Phi) is 24.4. The normalized spacial score (nSPS) is 37.5. The highest BCUT2D eigenvalue weighted by Gasteiger charge is 2.53. The van der Waals surface area contributed by atoms with Crippen molar-refractivity contribution in [2.24, 2.45) is 35.5 Å². The molecule has 3 heterocycles. The maximum atomic E-state index is 14.5. The van der Waals surface area contributed by atoms with Crippen molar-refractivity contribution in [3.8, 4) is 0 Å². The highest BCUT2D eigenvalue weighted by molar-refractivity contribution is 6.39. The Labute approximate surface area is 427 Å². The lowest BCUT2D eigenvalue weighted by Crippen LogP contribution is -2.61. The van der Waals surface area contributed by atoms with Crippen LogP contribution in [0.2, 0.25) is 0 Å². The first-order valence-corrected chi connectivity index (χ1v) is 26.1. The number of allylic oxidation sites excluding steroid dienone is 6. The minimum absolute atomic E-state index is 0.00442. The van der Waals surface area contributed by atoms with Gasteiger partial charge in [-0.3, -0.25) is 19.2 Å². The van der Waals surface area contributed by atoms with Crippen molar-refractivity contribution < 1.29 is 72.1 Å². The number of nitrogens with zero attached hydrogens (tertiary/aromatic N) is 1. The van der Waals surface area contributed by atoms with Gasteiger partial charge in [0, 0.05) is 72.1 Å². The van der Waals surface area contributed by atoms with Gasteiger partial charge in [0.2, 0.25) is 5.79 Å². The van der Waals surface area contributed by atoms with Gasteiger partial charge in [-0.2, -0.15) is 0 Å². The standard InChI is InChI=1S/C55H86N2O15/c1-33-17-13-12-14-18-34(2)45(67-9)31-41-22-20-39(7)55(65,72-41)51(61)52(62)57-25-16-15-19-42(57)53(63)70-46(32-43(58)35(3)28-38(6)49(60)50(69-11)48(59)37(5)27-33)36(4)29-40-21-23-44(47(30-40)68-10)71-54(64)56-24-26-66-8/h12-14,17-18,28,33,35-37,39-42,44-47,49-50,60,65H,15-16,19-27,29-32H2,1-11H3,(H,56,64)/b14-12+,17-13-,34-18+,38-28+/t33?,35?,36?,37-,39-,40?,41?,42+,44-,45?,46?,47?,49-,50?,55-/m1/s1. The van der Waals surface area contributed by atoms with E-state index in [4.69, 9.17) is 33.2 Å². The number of aliphatic hydroxyl groups is 2. The van der Waals surface area contributed by atoms with E-state index in [9.17, 15) is 39.0 Å². The van der Waals surface area contributed by atoms with E-state index in [1.54, 1.807) is 41.1 Å². The van der Waals surface area contributed by atoms with Crippen LogP contribution in [0.25, 0.3) is 0 Å². The fourth-order valence-corrected chi connectivity index (χ4v) is 10.7. The summed E-state index contributed by atoms with van der Waals surface area (Å²) >= 11 is 0. The third-order valence-corrected chi connectivity index (χ3v) is 15.3. The Morgan fingerprint density at radius 1 is 0.875 bits per heavy atom. The molecule has 406 valence electrons. The van der Waals surface area contributed by atoms with E-state index in [1.165, 1.54) is 19.1 Å². The summed E-state index contributed by atoms with van der Waals surface area (Å²) in [5.41, 5.74) is 1.24. The molecule has 0 aromatic heterocycles. The number of methoxy groups -OCH3 is 4. The molecule has 4 aliphatic rings. The van der Waals surface area contributed by atoms with Gasteiger partial charge in [-0.15, -0.1) is 0 Å². The van der Waals surface area contributed by atoms with Crippen molar-refractivity contribution in [2.75, 3.05) is 48.1 Å². The SMILES string of the molecule is COCCNC(=O)O[C@@H]1CCC(CC(C)C2CC(=O)C(C)/C=C(\C)[C@@H](O)C(OC)C(=O)[C@H](C)CC(C)\C=C/C=C/C=C(\C)C(OC)CC3CC[C@@H](C)[C@@](O)(O3)C(=O)C(=O)N3CCCC[C@H]3C(=O)O2)CC1OC. The molecule has 0 spiro atoms. The lowest BCUT2D eigenvalue weighted by molar-refractivity contribution is -0.265. The lowest BCUT2D eigenvalue weighted by Gasteiger charge is -2.42. The Balaban J connectivity index is 1.68. The molecule has 1 saturated carbocycles. The molecule has 72 heavy (non-hydrogen) atoms. The van der Waals surface area contributed by atoms with Gasteiger partial charge in [0.25, 0.3) is 11.7 Å². The molecule has 1 aliphatic carbocycles. The minimum atomic E-state index is -2.45. The highest BCUT2D eigenvalue weighted by Crippen LogP contribution is 2.38. The predicted molar refractivity (Wildman–Crippen MR) is 269 cm³/mol. The summed E-state index contributed by atoms with van der Waals surface area (Å²) in [4.78, 5) is 84.9. The molecule has 0 aromatic rings. The summed E-state index contributed by atoms with van der Waals surface area (Å²) in [5, 5.41) is 26.2. The number of carbonyl (C=O) groups excluding carboxylic acids is 6. The number of amides is 2. The monoisotopic (exact) mass is 1010 g/mol. The van der Waals surface area contributed by atoms with Gasteiger partial charge >= 0.3 is 12.1 Å². The topological polar surface area (TPSA) is 223 Å². The zero-order valence-electron chi connectivity index (χ0n) is 44.8. The number of aliphatic hydroxyl groups excluding tert-OH is 1. The van der Waals surface area contributed by atoms with Crippen molar-refractivity contribution >= 4 is 35.3 Å². The Hall–Kier alpha value is -4.10. The zero-order valence-corrected chi connectivity index (χ0v) is 44.8. The third-order valence-electron chi connectivity index (χ3n) is 15.3. The quantitative estimate of drug-likeness (QED) is 0.0913. The number of hydrogen-bond acceptors (Lipinski definition) is 15. The van der Waals surface area contributed by atoms with Crippen LogP contribution in [0.4, 0.5) is 4.79 Å². The summed E-state index contributed by atoms with van der Waals surface area (Å²) in [7, 11) is 6.04. The molecule has 2 amide bonds. The van der Waals surface area contributed by atoms with Crippen LogP contribution in [-0.4, -0.2) is 153 Å². The van der Waals surface area contributed by atoms with E-state index < -0.39 is 102 Å². The molecule has 3 fully saturated rings. The summed E-state index contributed by atoms with van der Waals surface area (Å²) in [6.45, 7) is 13.3. The van der Waals surface area contributed by atoms with Crippen molar-refractivity contribution in [1.82, 2.24) is 10.2 Å². The Bertz CT molecular complexity index is 1950. The van der Waals surface area contributed by atoms with Gasteiger partial charge in [-0.25, -0.2) is 9.59 Å². The van der Waals surface area contributed by atoms with E-state index >= 15 is 0 Å². The number of carbonyl (C=O) groups is 6. The second kappa shape index (κ2) is 29.1. The van der Waals surface area contributed by atoms with Crippen LogP contribution in [0.5, 0.6) is 0 Å². The number of ether oxygens (including phenoxy) is 7. The molecular weight excluding hydrogens is 929 g/mol. The Morgan fingerprint density at radius 2 is 1.61 bits per heavy atom. The maximum Gasteiger partial charge on any atom is 0.407 e. The van der Waals surface area contributed by atoms with Gasteiger partial charge in [-0.05, 0) is 107 Å². The molecular formula is C55H86N2O15. The molecule has 0 radical (unpaired) electrons. The molecule has 3 aliphatic heterocycles. The Morgan fingerprint density at radius 3 is 2.29 bits per heavy atom. The van der Waals surface area contributed by atoms with Gasteiger partial charge in [-0.1, -0.05) is 71.1 Å². The molecule has 3 N–H and O–H groups in total. The fourth-order valence-electron chi connectivity index (χ4n) is 10.7. The third kappa shape index (κ3) is 16.7. The number of fused-ring (bicyclic) bond motifs is 3. The molecule has 4 rings (SSSR count). The molecule has 9 unspecified atom stereocenters. The summed E-state index contributed by atoms with van der Waals surface area (Å²) in [5.74, 6) is -8.31. The van der Waals surface area contributed by atoms with Crippen LogP contribution >= 0.6 is 0 Å². The van der Waals surface area contributed by atoms with Crippen molar-refractivity contribution in [3.05, 3.63) is 47.6 Å². The predicted octanol–water partition coefficient (Wildman–Crippen LogP) is 6.56.